The van der Waals surface area contributed by atoms with E-state index < -0.39 is 5.60 Å². The summed E-state index contributed by atoms with van der Waals surface area (Å²) in [5.74, 6) is 1.82. The molecule has 2 fully saturated rings. The maximum absolute atomic E-state index is 12.2. The van der Waals surface area contributed by atoms with Gasteiger partial charge in [-0.2, -0.15) is 10.2 Å². The van der Waals surface area contributed by atoms with Gasteiger partial charge < -0.3 is 24.4 Å². The van der Waals surface area contributed by atoms with E-state index in [1.54, 1.807) is 6.20 Å². The highest BCUT2D eigenvalue weighted by atomic mass is 16.6. The average Bonchev–Trinajstić information content (AvgIpc) is 3.39. The highest BCUT2D eigenvalue weighted by Crippen LogP contribution is 2.33. The number of aromatic amines is 1. The van der Waals surface area contributed by atoms with Crippen LogP contribution in [0.25, 0.3) is 22.3 Å². The van der Waals surface area contributed by atoms with Crippen molar-refractivity contribution >= 4 is 22.8 Å². The van der Waals surface area contributed by atoms with Crippen molar-refractivity contribution in [2.75, 3.05) is 31.2 Å². The lowest BCUT2D eigenvalue weighted by molar-refractivity contribution is 0.0470. The van der Waals surface area contributed by atoms with Crippen molar-refractivity contribution in [1.29, 1.82) is 0 Å². The van der Waals surface area contributed by atoms with E-state index in [1.165, 1.54) is 0 Å². The molecule has 12 nitrogen and oxygen atoms in total. The van der Waals surface area contributed by atoms with Gasteiger partial charge >= 0.3 is 6.09 Å². The van der Waals surface area contributed by atoms with E-state index in [0.717, 1.165) is 61.1 Å². The Hall–Kier alpha value is -3.54. The Morgan fingerprint density at radius 3 is 2.64 bits per heavy atom. The fourth-order valence-electron chi connectivity index (χ4n) is 4.49. The van der Waals surface area contributed by atoms with Gasteiger partial charge in [-0.1, -0.05) is 0 Å². The van der Waals surface area contributed by atoms with Gasteiger partial charge in [0.2, 0.25) is 11.7 Å². The molecular weight excluding hydrogens is 464 g/mol. The number of nitrogens with one attached hydrogen (secondary N) is 2. The summed E-state index contributed by atoms with van der Waals surface area (Å²) in [5, 5.41) is 18.0. The molecule has 5 rings (SSSR count). The Labute approximate surface area is 209 Å². The molecule has 192 valence electrons. The first-order valence-electron chi connectivity index (χ1n) is 12.4. The van der Waals surface area contributed by atoms with E-state index in [0.29, 0.717) is 24.9 Å². The van der Waals surface area contributed by atoms with Crippen LogP contribution in [0.5, 0.6) is 5.88 Å². The number of hydrogen-bond acceptors (Lipinski definition) is 10. The average molecular weight is 497 g/mol. The van der Waals surface area contributed by atoms with Crippen LogP contribution in [-0.4, -0.2) is 80.7 Å². The van der Waals surface area contributed by atoms with Crippen LogP contribution in [0.15, 0.2) is 18.3 Å². The number of carbonyl (C=O) groups is 1. The first-order valence-corrected chi connectivity index (χ1v) is 12.4. The predicted molar refractivity (Wildman–Crippen MR) is 132 cm³/mol. The number of ether oxygens (including phenoxy) is 3. The van der Waals surface area contributed by atoms with E-state index >= 15 is 0 Å². The lowest BCUT2D eigenvalue weighted by atomic mass is 9.93. The van der Waals surface area contributed by atoms with Crippen LogP contribution in [0.2, 0.25) is 0 Å². The predicted octanol–water partition coefficient (Wildman–Crippen LogP) is 2.86. The number of fused-ring (bicyclic) bond motifs is 1. The first kappa shape index (κ1) is 24.2. The number of rotatable bonds is 5. The zero-order valence-electron chi connectivity index (χ0n) is 20.9. The molecule has 0 radical (unpaired) electrons. The standard InChI is InChI=1S/C24H32N8O4/c1-24(2,3)36-23(33)26-16-4-6-17(7-5-16)35-22-18-12-15(21-28-30-31-29-21)14-25-19(18)13-20(27-22)32-8-10-34-11-9-32/h12-14,16-17H,4-11H2,1-3H3,(H,26,33)(H,28,29,30,31). The Morgan fingerprint density at radius 1 is 1.17 bits per heavy atom. The summed E-state index contributed by atoms with van der Waals surface area (Å²) < 4.78 is 17.4. The number of hydrogen-bond donors (Lipinski definition) is 2. The van der Waals surface area contributed by atoms with E-state index in [9.17, 15) is 4.79 Å². The molecule has 4 heterocycles. The second kappa shape index (κ2) is 10.2. The molecule has 1 aliphatic heterocycles. The lowest BCUT2D eigenvalue weighted by Crippen LogP contribution is -2.42. The molecule has 12 heteroatoms. The molecule has 36 heavy (non-hydrogen) atoms. The summed E-state index contributed by atoms with van der Waals surface area (Å²) in [5.41, 5.74) is 0.998. The minimum atomic E-state index is -0.517. The SMILES string of the molecule is CC(C)(C)OC(=O)NC1CCC(Oc2nc(N3CCOCC3)cc3ncc(-c4nn[nH]n4)cc23)CC1. The summed E-state index contributed by atoms with van der Waals surface area (Å²) in [7, 11) is 0. The van der Waals surface area contributed by atoms with Gasteiger partial charge in [0, 0.05) is 37.0 Å². The fraction of sp³-hybridized carbons (Fsp3) is 0.583. The Balaban J connectivity index is 1.34. The molecule has 0 bridgehead atoms. The van der Waals surface area contributed by atoms with Crippen molar-refractivity contribution in [2.24, 2.45) is 0 Å². The molecule has 0 aromatic carbocycles. The van der Waals surface area contributed by atoms with Crippen molar-refractivity contribution in [3.63, 3.8) is 0 Å². The highest BCUT2D eigenvalue weighted by Gasteiger charge is 2.27. The van der Waals surface area contributed by atoms with Crippen LogP contribution < -0.4 is 15.0 Å². The van der Waals surface area contributed by atoms with Crippen molar-refractivity contribution in [2.45, 2.75) is 64.2 Å². The van der Waals surface area contributed by atoms with Gasteiger partial charge in [0.1, 0.15) is 17.5 Å². The van der Waals surface area contributed by atoms with Gasteiger partial charge in [-0.15, -0.1) is 10.2 Å². The van der Waals surface area contributed by atoms with Crippen LogP contribution >= 0.6 is 0 Å². The topological polar surface area (TPSA) is 140 Å². The highest BCUT2D eigenvalue weighted by molar-refractivity contribution is 5.88. The Kier molecular flexibility index (Phi) is 6.86. The van der Waals surface area contributed by atoms with E-state index in [4.69, 9.17) is 19.2 Å². The number of H-pyrrole nitrogens is 1. The van der Waals surface area contributed by atoms with Gasteiger partial charge in [0.25, 0.3) is 0 Å². The zero-order chi connectivity index (χ0) is 25.1. The second-order valence-corrected chi connectivity index (χ2v) is 10.1. The summed E-state index contributed by atoms with van der Waals surface area (Å²) in [6, 6.07) is 3.99. The van der Waals surface area contributed by atoms with Gasteiger partial charge in [0.15, 0.2) is 0 Å². The molecule has 0 atom stereocenters. The molecule has 0 spiro atoms. The molecule has 1 saturated heterocycles. The number of alkyl carbamates (subject to hydrolysis) is 1. The smallest absolute Gasteiger partial charge is 0.407 e. The van der Waals surface area contributed by atoms with Crippen molar-refractivity contribution in [3.8, 4) is 17.3 Å². The number of carbonyl (C=O) groups excluding carboxylic acids is 1. The minimum absolute atomic E-state index is 0.0221. The molecule has 1 aliphatic carbocycles. The van der Waals surface area contributed by atoms with E-state index in [2.05, 4.69) is 35.8 Å². The third-order valence-electron chi connectivity index (χ3n) is 6.24. The van der Waals surface area contributed by atoms with Crippen LogP contribution in [0.4, 0.5) is 10.6 Å². The fourth-order valence-corrected chi connectivity index (χ4v) is 4.49. The number of tetrazole rings is 1. The van der Waals surface area contributed by atoms with Gasteiger partial charge in [-0.3, -0.25) is 4.98 Å². The van der Waals surface area contributed by atoms with Gasteiger partial charge in [0.05, 0.1) is 24.1 Å². The molecule has 1 saturated carbocycles. The van der Waals surface area contributed by atoms with Crippen LogP contribution in [0.1, 0.15) is 46.5 Å². The Morgan fingerprint density at radius 2 is 1.94 bits per heavy atom. The summed E-state index contributed by atoms with van der Waals surface area (Å²) in [6.45, 7) is 8.43. The largest absolute Gasteiger partial charge is 0.474 e. The molecule has 3 aromatic rings. The summed E-state index contributed by atoms with van der Waals surface area (Å²) in [6.07, 6.45) is 4.53. The van der Waals surface area contributed by atoms with Crippen molar-refractivity contribution < 1.29 is 19.0 Å². The number of aromatic nitrogens is 6. The number of pyridine rings is 2. The molecule has 3 aromatic heterocycles. The van der Waals surface area contributed by atoms with Crippen LogP contribution in [0, 0.1) is 0 Å². The molecule has 0 unspecified atom stereocenters. The number of nitrogens with zero attached hydrogens (tertiary/aromatic N) is 6. The molecule has 1 amide bonds. The monoisotopic (exact) mass is 496 g/mol. The maximum atomic E-state index is 12.2. The zero-order valence-corrected chi connectivity index (χ0v) is 20.9. The molecule has 2 aliphatic rings. The number of anilines is 1. The van der Waals surface area contributed by atoms with E-state index in [1.807, 2.05) is 32.9 Å². The van der Waals surface area contributed by atoms with Gasteiger partial charge in [-0.05, 0) is 57.7 Å². The minimum Gasteiger partial charge on any atom is -0.474 e. The molecular formula is C24H32N8O4. The number of amides is 1. The van der Waals surface area contributed by atoms with Crippen molar-refractivity contribution in [3.05, 3.63) is 18.3 Å². The van der Waals surface area contributed by atoms with Crippen LogP contribution in [0.3, 0.4) is 0 Å². The second-order valence-electron chi connectivity index (χ2n) is 10.1. The van der Waals surface area contributed by atoms with Gasteiger partial charge in [-0.25, -0.2) is 4.79 Å². The Bertz CT molecular complexity index is 1180. The summed E-state index contributed by atoms with van der Waals surface area (Å²) >= 11 is 0. The van der Waals surface area contributed by atoms with E-state index in [-0.39, 0.29) is 18.2 Å². The van der Waals surface area contributed by atoms with Crippen LogP contribution in [-0.2, 0) is 9.47 Å². The number of morpholine rings is 1. The third kappa shape index (κ3) is 5.81. The maximum Gasteiger partial charge on any atom is 0.407 e. The third-order valence-corrected chi connectivity index (χ3v) is 6.24. The summed E-state index contributed by atoms with van der Waals surface area (Å²) in [4.78, 5) is 23.9. The normalized spacial score (nSPS) is 20.8. The first-order chi connectivity index (χ1) is 17.3. The van der Waals surface area contributed by atoms with Crippen molar-refractivity contribution in [1.82, 2.24) is 35.9 Å². The molecule has 2 N–H and O–H groups in total. The lowest BCUT2D eigenvalue weighted by Gasteiger charge is -2.31. The quantitative estimate of drug-likeness (QED) is 0.542.